The Kier molecular flexibility index (Phi) is 3.14. The molecule has 7 heteroatoms. The number of halogens is 1. The van der Waals surface area contributed by atoms with E-state index in [2.05, 4.69) is 31.2 Å². The number of nitrogens with zero attached hydrogens (tertiary/aromatic N) is 4. The summed E-state index contributed by atoms with van der Waals surface area (Å²) in [6.45, 7) is 0. The molecule has 1 aliphatic rings. The first-order valence-electron chi connectivity index (χ1n) is 6.94. The summed E-state index contributed by atoms with van der Waals surface area (Å²) in [6.07, 6.45) is 6.58. The van der Waals surface area contributed by atoms with Crippen LogP contribution in [-0.2, 0) is 0 Å². The molecule has 3 heterocycles. The molecule has 4 rings (SSSR count). The minimum Gasteiger partial charge on any atom is -0.446 e. The van der Waals surface area contributed by atoms with Gasteiger partial charge >= 0.3 is 0 Å². The van der Waals surface area contributed by atoms with Gasteiger partial charge in [-0.25, -0.2) is 0 Å². The molecule has 0 bridgehead atoms. The molecule has 0 saturated heterocycles. The third-order valence-electron chi connectivity index (χ3n) is 3.78. The lowest BCUT2D eigenvalue weighted by Gasteiger charge is -2.11. The molecular weight excluding hydrogens is 336 g/mol. The van der Waals surface area contributed by atoms with Crippen LogP contribution in [0.3, 0.4) is 0 Å². The zero-order chi connectivity index (χ0) is 14.2. The molecular formula is C14H13BrN4O2. The first-order valence-corrected chi connectivity index (χ1v) is 7.74. The highest BCUT2D eigenvalue weighted by atomic mass is 79.9. The first-order chi connectivity index (χ1) is 10.3. The summed E-state index contributed by atoms with van der Waals surface area (Å²) < 4.78 is 13.5. The van der Waals surface area contributed by atoms with Crippen molar-refractivity contribution in [1.82, 2.24) is 19.9 Å². The van der Waals surface area contributed by atoms with Crippen LogP contribution in [0.2, 0.25) is 0 Å². The largest absolute Gasteiger partial charge is 0.446 e. The molecule has 3 aromatic heterocycles. The topological polar surface area (TPSA) is 69.9 Å². The molecule has 6 nitrogen and oxygen atoms in total. The fourth-order valence-electron chi connectivity index (χ4n) is 2.79. The summed E-state index contributed by atoms with van der Waals surface area (Å²) >= 11 is 3.26. The SMILES string of the molecule is Brc1ccc(-c2noc(-c3ccnn3C3CCCC3)n2)o1. The lowest BCUT2D eigenvalue weighted by molar-refractivity contribution is 0.414. The lowest BCUT2D eigenvalue weighted by Crippen LogP contribution is -2.08. The molecule has 0 atom stereocenters. The summed E-state index contributed by atoms with van der Waals surface area (Å²) in [5.41, 5.74) is 0.867. The highest BCUT2D eigenvalue weighted by Gasteiger charge is 2.23. The van der Waals surface area contributed by atoms with Crippen molar-refractivity contribution in [3.8, 4) is 23.2 Å². The van der Waals surface area contributed by atoms with Gasteiger partial charge in [0.1, 0.15) is 5.69 Å². The molecule has 108 valence electrons. The average Bonchev–Trinajstić information content (AvgIpc) is 3.25. The Hall–Kier alpha value is -1.89. The Labute approximate surface area is 129 Å². The number of furan rings is 1. The van der Waals surface area contributed by atoms with Gasteiger partial charge in [0, 0.05) is 6.20 Å². The standard InChI is InChI=1S/C14H13BrN4O2/c15-12-6-5-11(20-12)13-17-14(21-18-13)10-7-8-16-19(10)9-3-1-2-4-9/h5-9H,1-4H2. The number of rotatable bonds is 3. The van der Waals surface area contributed by atoms with Gasteiger partial charge in [-0.15, -0.1) is 0 Å². The maximum Gasteiger partial charge on any atom is 0.276 e. The van der Waals surface area contributed by atoms with Gasteiger partial charge in [0.2, 0.25) is 5.82 Å². The maximum atomic E-state index is 5.44. The van der Waals surface area contributed by atoms with Crippen LogP contribution in [0.1, 0.15) is 31.7 Å². The first kappa shape index (κ1) is 12.8. The molecule has 21 heavy (non-hydrogen) atoms. The summed E-state index contributed by atoms with van der Waals surface area (Å²) in [5, 5.41) is 8.40. The number of hydrogen-bond acceptors (Lipinski definition) is 5. The predicted molar refractivity (Wildman–Crippen MR) is 78.4 cm³/mol. The van der Waals surface area contributed by atoms with Crippen LogP contribution in [0.15, 0.2) is 38.0 Å². The fourth-order valence-corrected chi connectivity index (χ4v) is 3.09. The molecule has 0 radical (unpaired) electrons. The molecule has 0 aliphatic heterocycles. The van der Waals surface area contributed by atoms with Gasteiger partial charge in [-0.3, -0.25) is 4.68 Å². The van der Waals surface area contributed by atoms with Crippen LogP contribution < -0.4 is 0 Å². The molecule has 0 unspecified atom stereocenters. The van der Waals surface area contributed by atoms with Gasteiger partial charge in [-0.05, 0) is 47.0 Å². The molecule has 1 saturated carbocycles. The van der Waals surface area contributed by atoms with E-state index in [9.17, 15) is 0 Å². The molecule has 0 aromatic carbocycles. The zero-order valence-corrected chi connectivity index (χ0v) is 12.8. The minimum atomic E-state index is 0.433. The van der Waals surface area contributed by atoms with E-state index >= 15 is 0 Å². The van der Waals surface area contributed by atoms with E-state index in [0.717, 1.165) is 18.5 Å². The molecule has 0 N–H and O–H groups in total. The summed E-state index contributed by atoms with van der Waals surface area (Å²) in [6, 6.07) is 5.94. The Morgan fingerprint density at radius 1 is 1.19 bits per heavy atom. The van der Waals surface area contributed by atoms with E-state index < -0.39 is 0 Å². The van der Waals surface area contributed by atoms with E-state index in [0.29, 0.717) is 28.2 Å². The van der Waals surface area contributed by atoms with E-state index in [1.54, 1.807) is 18.3 Å². The highest BCUT2D eigenvalue weighted by molar-refractivity contribution is 9.10. The molecule has 0 amide bonds. The van der Waals surface area contributed by atoms with Crippen LogP contribution >= 0.6 is 15.9 Å². The van der Waals surface area contributed by atoms with Gasteiger partial charge in [-0.2, -0.15) is 10.1 Å². The normalized spacial score (nSPS) is 15.9. The Morgan fingerprint density at radius 3 is 2.81 bits per heavy atom. The molecule has 1 aliphatic carbocycles. The van der Waals surface area contributed by atoms with Gasteiger partial charge in [0.15, 0.2) is 10.4 Å². The van der Waals surface area contributed by atoms with Crippen molar-refractivity contribution in [3.63, 3.8) is 0 Å². The second kappa shape index (κ2) is 5.14. The molecule has 3 aromatic rings. The Bertz CT molecular complexity index is 754. The van der Waals surface area contributed by atoms with Crippen molar-refractivity contribution >= 4 is 15.9 Å². The zero-order valence-electron chi connectivity index (χ0n) is 11.2. The average molecular weight is 349 g/mol. The molecule has 0 spiro atoms. The second-order valence-electron chi connectivity index (χ2n) is 5.13. The maximum absolute atomic E-state index is 5.44. The number of hydrogen-bond donors (Lipinski definition) is 0. The van der Waals surface area contributed by atoms with Crippen LogP contribution in [0, 0.1) is 0 Å². The fraction of sp³-hybridized carbons (Fsp3) is 0.357. The summed E-state index contributed by atoms with van der Waals surface area (Å²) in [4.78, 5) is 4.42. The van der Waals surface area contributed by atoms with Gasteiger partial charge in [0.25, 0.3) is 5.89 Å². The quantitative estimate of drug-likeness (QED) is 0.713. The highest BCUT2D eigenvalue weighted by Crippen LogP contribution is 2.33. The third kappa shape index (κ3) is 2.31. The smallest absolute Gasteiger partial charge is 0.276 e. The summed E-state index contributed by atoms with van der Waals surface area (Å²) in [5.74, 6) is 1.49. The summed E-state index contributed by atoms with van der Waals surface area (Å²) in [7, 11) is 0. The van der Waals surface area contributed by atoms with Crippen molar-refractivity contribution < 1.29 is 8.94 Å². The van der Waals surface area contributed by atoms with Gasteiger partial charge < -0.3 is 8.94 Å². The second-order valence-corrected chi connectivity index (χ2v) is 5.91. The Morgan fingerprint density at radius 2 is 2.05 bits per heavy atom. The third-order valence-corrected chi connectivity index (χ3v) is 4.21. The van der Waals surface area contributed by atoms with Crippen LogP contribution in [0.4, 0.5) is 0 Å². The monoisotopic (exact) mass is 348 g/mol. The van der Waals surface area contributed by atoms with Crippen molar-refractivity contribution in [2.75, 3.05) is 0 Å². The lowest BCUT2D eigenvalue weighted by atomic mass is 10.2. The van der Waals surface area contributed by atoms with E-state index in [-0.39, 0.29) is 0 Å². The number of aromatic nitrogens is 4. The van der Waals surface area contributed by atoms with Crippen LogP contribution in [0.5, 0.6) is 0 Å². The minimum absolute atomic E-state index is 0.433. The van der Waals surface area contributed by atoms with E-state index in [4.69, 9.17) is 8.94 Å². The van der Waals surface area contributed by atoms with Crippen molar-refractivity contribution in [2.24, 2.45) is 0 Å². The Balaban J connectivity index is 1.68. The van der Waals surface area contributed by atoms with Crippen LogP contribution in [0.25, 0.3) is 23.2 Å². The predicted octanol–water partition coefficient (Wildman–Crippen LogP) is 4.07. The van der Waals surface area contributed by atoms with Crippen molar-refractivity contribution in [1.29, 1.82) is 0 Å². The van der Waals surface area contributed by atoms with Gasteiger partial charge in [0.05, 0.1) is 6.04 Å². The van der Waals surface area contributed by atoms with Crippen molar-refractivity contribution in [2.45, 2.75) is 31.7 Å². The van der Waals surface area contributed by atoms with Crippen LogP contribution in [-0.4, -0.2) is 19.9 Å². The van der Waals surface area contributed by atoms with E-state index in [1.165, 1.54) is 12.8 Å². The molecule has 1 fully saturated rings. The van der Waals surface area contributed by atoms with Crippen molar-refractivity contribution in [3.05, 3.63) is 29.1 Å². The van der Waals surface area contributed by atoms with Gasteiger partial charge in [-0.1, -0.05) is 18.0 Å². The van der Waals surface area contributed by atoms with E-state index in [1.807, 2.05) is 10.7 Å².